The lowest BCUT2D eigenvalue weighted by molar-refractivity contribution is 0.426. The fourth-order valence-electron chi connectivity index (χ4n) is 0. The van der Waals surface area contributed by atoms with E-state index in [1.54, 1.807) is 6.08 Å². The Balaban J connectivity index is -0.00000000209. The van der Waals surface area contributed by atoms with Crippen molar-refractivity contribution in [3.05, 3.63) is 38.5 Å². The van der Waals surface area contributed by atoms with Crippen molar-refractivity contribution in [2.24, 2.45) is 0 Å². The molecule has 0 saturated carbocycles. The number of rotatable bonds is 0. The zero-order valence-electron chi connectivity index (χ0n) is 9.74. The summed E-state index contributed by atoms with van der Waals surface area (Å²) in [6.45, 7) is 13.5. The van der Waals surface area contributed by atoms with Crippen LogP contribution in [-0.2, 0) is 0 Å². The molecule has 0 radical (unpaired) electrons. The lowest BCUT2D eigenvalue weighted by Gasteiger charge is -1.54. The van der Waals surface area contributed by atoms with Gasteiger partial charge in [0, 0.05) is 0 Å². The van der Waals surface area contributed by atoms with Crippen LogP contribution in [0.15, 0.2) is 38.5 Å². The number of hydrogen-bond acceptors (Lipinski definition) is 0. The van der Waals surface area contributed by atoms with E-state index in [4.69, 9.17) is 0 Å². The summed E-state index contributed by atoms with van der Waals surface area (Å²) >= 11 is 0. The summed E-state index contributed by atoms with van der Waals surface area (Å²) in [5.74, 6) is 0. The maximum absolute atomic E-state index is 10.1. The molecule has 0 bridgehead atoms. The van der Waals surface area contributed by atoms with Crippen molar-refractivity contribution >= 4 is 0 Å². The molecule has 0 aliphatic rings. The summed E-state index contributed by atoms with van der Waals surface area (Å²) in [5.41, 5.74) is 0. The maximum atomic E-state index is 10.1. The maximum Gasteiger partial charge on any atom is 0.263 e. The molecule has 0 amide bonds. The molecule has 134 valence electrons. The fraction of sp³-hybridized carbons (Fsp3) is 0.143. The molecule has 0 N–H and O–H groups in total. The highest BCUT2D eigenvalue weighted by Gasteiger charge is 1.65. The van der Waals surface area contributed by atoms with Crippen LogP contribution < -0.4 is 0 Å². The molecule has 0 aromatic heterocycles. The summed E-state index contributed by atoms with van der Waals surface area (Å²) in [7, 11) is 0. The minimum atomic E-state index is -1.83. The molecule has 0 atom stereocenters. The lowest BCUT2D eigenvalue weighted by atomic mass is 10.8. The topological polar surface area (TPSA) is 0 Å². The van der Waals surface area contributed by atoms with Gasteiger partial charge in [0.2, 0.25) is 0 Å². The highest BCUT2D eigenvalue weighted by Crippen LogP contribution is 1.85. The molecular weight excluding hydrogens is 312 g/mol. The average molecular weight is 334 g/mol. The summed E-state index contributed by atoms with van der Waals surface area (Å²) in [4.78, 5) is 0. The Kier molecular flexibility index (Phi) is 8750. The van der Waals surface area contributed by atoms with E-state index in [9.17, 15) is 8.78 Å². The smallest absolute Gasteiger partial charge is 0.263 e. The Morgan fingerprint density at radius 1 is 0.684 bits per heavy atom. The molecular formula is C7H22F12. The number of allylic oxidation sites excluding steroid dienone is 1. The van der Waals surface area contributed by atoms with Crippen LogP contribution in [0.4, 0.5) is 55.8 Å². The number of hydrogen-bond donors (Lipinski definition) is 0. The van der Waals surface area contributed by atoms with E-state index >= 15 is 0 Å². The Hall–Kier alpha value is -1.62. The molecule has 0 rings (SSSR count). The molecule has 0 heterocycles. The predicted octanol–water partition coefficient (Wildman–Crippen LogP) is 4.92. The first-order chi connectivity index (χ1) is 4.15. The molecule has 19 heavy (non-hydrogen) atoms. The van der Waals surface area contributed by atoms with E-state index in [2.05, 4.69) is 26.3 Å². The molecule has 0 unspecified atom stereocenters. The van der Waals surface area contributed by atoms with Crippen LogP contribution in [0.1, 0.15) is 6.92 Å². The Labute approximate surface area is 102 Å². The minimum absolute atomic E-state index is 0. The lowest BCUT2D eigenvalue weighted by Crippen LogP contribution is -1.33. The van der Waals surface area contributed by atoms with Crippen LogP contribution >= 0.6 is 0 Å². The molecule has 0 aliphatic heterocycles. The van der Waals surface area contributed by atoms with Gasteiger partial charge in [-0.2, -0.15) is 8.78 Å². The first-order valence-electron chi connectivity index (χ1n) is 2.22. The van der Waals surface area contributed by atoms with E-state index in [0.717, 1.165) is 0 Å². The second kappa shape index (κ2) is 684. The third-order valence-electron chi connectivity index (χ3n) is 0. The van der Waals surface area contributed by atoms with Crippen molar-refractivity contribution in [2.75, 3.05) is 0 Å². The van der Waals surface area contributed by atoms with Crippen LogP contribution in [-0.4, -0.2) is 0 Å². The van der Waals surface area contributed by atoms with Crippen LogP contribution in [0, 0.1) is 0 Å². The largest absolute Gasteiger partial charge is 0.269 e. The minimum Gasteiger partial charge on any atom is -0.269 e. The summed E-state index contributed by atoms with van der Waals surface area (Å²) in [6, 6.07) is 0. The van der Waals surface area contributed by atoms with Gasteiger partial charge in [0.25, 0.3) is 6.08 Å². The third kappa shape index (κ3) is 1290. The van der Waals surface area contributed by atoms with Crippen molar-refractivity contribution in [1.29, 1.82) is 0 Å². The van der Waals surface area contributed by atoms with Crippen molar-refractivity contribution < 1.29 is 55.8 Å². The highest BCUT2D eigenvalue weighted by molar-refractivity contribution is 4.57. The van der Waals surface area contributed by atoms with Crippen LogP contribution in [0.2, 0.25) is 0 Å². The molecule has 0 aromatic carbocycles. The molecule has 0 fully saturated rings. The van der Waals surface area contributed by atoms with Gasteiger partial charge in [-0.1, -0.05) is 6.08 Å². The molecule has 0 spiro atoms. The predicted molar refractivity (Wildman–Crippen MR) is 63.5 cm³/mol. The van der Waals surface area contributed by atoms with Crippen molar-refractivity contribution in [3.8, 4) is 0 Å². The molecule has 12 heteroatoms. The van der Waals surface area contributed by atoms with Gasteiger partial charge < -0.3 is 0 Å². The van der Waals surface area contributed by atoms with Gasteiger partial charge in [0.1, 0.15) is 0 Å². The second-order valence-electron chi connectivity index (χ2n) is 0.747. The molecule has 0 aliphatic carbocycles. The normalized spacial score (nSPS) is 2.26. The zero-order valence-corrected chi connectivity index (χ0v) is 9.74. The molecule has 0 saturated heterocycles. The zero-order chi connectivity index (χ0) is 8.28. The summed E-state index contributed by atoms with van der Waals surface area (Å²) < 4.78 is 20.3. The van der Waals surface area contributed by atoms with Crippen LogP contribution in [0.5, 0.6) is 0 Å². The van der Waals surface area contributed by atoms with E-state index < -0.39 is 6.08 Å². The van der Waals surface area contributed by atoms with Crippen molar-refractivity contribution in [2.45, 2.75) is 6.92 Å². The molecule has 0 nitrogen and oxygen atoms in total. The fourth-order valence-corrected chi connectivity index (χ4v) is 0. The Morgan fingerprint density at radius 3 is 0.684 bits per heavy atom. The van der Waals surface area contributed by atoms with E-state index in [0.29, 0.717) is 0 Å². The average Bonchev–Trinajstić information content (AvgIpc) is 1.71. The van der Waals surface area contributed by atoms with Gasteiger partial charge in [0.15, 0.2) is 0 Å². The summed E-state index contributed by atoms with van der Waals surface area (Å²) in [5, 5.41) is 0. The van der Waals surface area contributed by atoms with Crippen LogP contribution in [0.25, 0.3) is 0 Å². The Bertz CT molecular complexity index is 74.5. The quantitative estimate of drug-likeness (QED) is 0.436. The van der Waals surface area contributed by atoms with Gasteiger partial charge in [-0.25, -0.2) is 0 Å². The monoisotopic (exact) mass is 334 g/mol. The Morgan fingerprint density at radius 2 is 0.684 bits per heavy atom. The van der Waals surface area contributed by atoms with Crippen molar-refractivity contribution in [3.63, 3.8) is 0 Å². The van der Waals surface area contributed by atoms with E-state index in [1.807, 2.05) is 6.92 Å². The number of halogens is 12. The van der Waals surface area contributed by atoms with Gasteiger partial charge in [0.05, 0.1) is 0 Å². The second-order valence-corrected chi connectivity index (χ2v) is 0.747. The van der Waals surface area contributed by atoms with E-state index in [1.165, 1.54) is 0 Å². The summed E-state index contributed by atoms with van der Waals surface area (Å²) in [6.07, 6.45) is -0.0833. The molecule has 0 aromatic rings. The first-order valence-corrected chi connectivity index (χ1v) is 2.22. The van der Waals surface area contributed by atoms with Gasteiger partial charge in [-0.3, -0.25) is 47.0 Å². The highest BCUT2D eigenvalue weighted by atomic mass is 19.3. The van der Waals surface area contributed by atoms with Gasteiger partial charge >= 0.3 is 0 Å². The van der Waals surface area contributed by atoms with Gasteiger partial charge in [-0.05, 0) is 13.5 Å². The van der Waals surface area contributed by atoms with Crippen LogP contribution in [0.3, 0.4) is 0 Å². The van der Waals surface area contributed by atoms with E-state index in [-0.39, 0.29) is 47.0 Å². The third-order valence-corrected chi connectivity index (χ3v) is 0. The van der Waals surface area contributed by atoms with Crippen molar-refractivity contribution in [1.82, 2.24) is 0 Å². The first kappa shape index (κ1) is 243. The standard InChI is InChI=1S/C3H6.C2H2F2.C2H4.10FH/c1-3-2;1-2(3)4;1-2;;;;;;;;;;/h3H,1H2,2H3;1H2;1-2H2;10*1H. The van der Waals surface area contributed by atoms with Gasteiger partial charge in [-0.15, -0.1) is 19.7 Å². The SMILES string of the molecule is C=C.C=C(F)F.C=CC.F.F.F.F.F.F.F.F.F.F.